The second kappa shape index (κ2) is 6.44. The fourth-order valence-corrected chi connectivity index (χ4v) is 2.89. The van der Waals surface area contributed by atoms with Crippen LogP contribution in [-0.2, 0) is 14.1 Å². The van der Waals surface area contributed by atoms with E-state index in [-0.39, 0.29) is 17.5 Å². The molecule has 3 rings (SSSR count). The largest absolute Gasteiger partial charge is 0.573 e. The number of halogens is 3. The first kappa shape index (κ1) is 17.9. The molecule has 0 saturated carbocycles. The lowest BCUT2D eigenvalue weighted by Gasteiger charge is -2.17. The molecule has 138 valence electrons. The minimum Gasteiger partial charge on any atom is -0.406 e. The molecule has 0 aliphatic carbocycles. The van der Waals surface area contributed by atoms with Crippen molar-refractivity contribution in [3.8, 4) is 5.75 Å². The lowest BCUT2D eigenvalue weighted by Crippen LogP contribution is -2.19. The van der Waals surface area contributed by atoms with Crippen LogP contribution in [-0.4, -0.2) is 15.5 Å². The molecule has 1 aromatic heterocycles. The van der Waals surface area contributed by atoms with Gasteiger partial charge in [-0.25, -0.2) is 4.79 Å². The number of imidazole rings is 1. The van der Waals surface area contributed by atoms with Gasteiger partial charge in [-0.2, -0.15) is 0 Å². The van der Waals surface area contributed by atoms with Crippen LogP contribution < -0.4 is 15.7 Å². The van der Waals surface area contributed by atoms with Gasteiger partial charge in [0.25, 0.3) is 0 Å². The summed E-state index contributed by atoms with van der Waals surface area (Å²) in [5, 5.41) is 3.29. The third kappa shape index (κ3) is 3.54. The van der Waals surface area contributed by atoms with Crippen LogP contribution >= 0.6 is 0 Å². The Balaban J connectivity index is 1.79. The zero-order valence-electron chi connectivity index (χ0n) is 14.5. The Labute approximate surface area is 147 Å². The summed E-state index contributed by atoms with van der Waals surface area (Å²) in [5.41, 5.74) is 3.13. The maximum atomic E-state index is 12.2. The lowest BCUT2D eigenvalue weighted by atomic mass is 10.1. The molecular weight excluding hydrogens is 347 g/mol. The van der Waals surface area contributed by atoms with Gasteiger partial charge in [-0.1, -0.05) is 12.1 Å². The number of nitrogens with zero attached hydrogens (tertiary/aromatic N) is 2. The van der Waals surface area contributed by atoms with Crippen LogP contribution in [0, 0.1) is 0 Å². The fourth-order valence-electron chi connectivity index (χ4n) is 2.89. The summed E-state index contributed by atoms with van der Waals surface area (Å²) in [5.74, 6) is -0.255. The van der Waals surface area contributed by atoms with Gasteiger partial charge < -0.3 is 10.1 Å². The zero-order valence-corrected chi connectivity index (χ0v) is 14.5. The molecule has 1 atom stereocenters. The summed E-state index contributed by atoms with van der Waals surface area (Å²) < 4.78 is 43.7. The molecule has 0 amide bonds. The molecule has 0 aliphatic heterocycles. The maximum absolute atomic E-state index is 12.2. The summed E-state index contributed by atoms with van der Waals surface area (Å²) in [7, 11) is 3.42. The van der Waals surface area contributed by atoms with Crippen molar-refractivity contribution in [3.63, 3.8) is 0 Å². The van der Waals surface area contributed by atoms with Crippen molar-refractivity contribution in [3.05, 3.63) is 58.5 Å². The van der Waals surface area contributed by atoms with E-state index >= 15 is 0 Å². The highest BCUT2D eigenvalue weighted by atomic mass is 19.4. The van der Waals surface area contributed by atoms with Crippen molar-refractivity contribution in [2.24, 2.45) is 14.1 Å². The molecular formula is C18H18F3N3O2. The van der Waals surface area contributed by atoms with Crippen LogP contribution in [0.3, 0.4) is 0 Å². The van der Waals surface area contributed by atoms with Gasteiger partial charge >= 0.3 is 12.1 Å². The molecule has 0 bridgehead atoms. The highest BCUT2D eigenvalue weighted by molar-refractivity contribution is 5.80. The smallest absolute Gasteiger partial charge is 0.406 e. The van der Waals surface area contributed by atoms with E-state index in [4.69, 9.17) is 0 Å². The Morgan fingerprint density at radius 1 is 1.00 bits per heavy atom. The normalized spacial score (nSPS) is 13.0. The summed E-state index contributed by atoms with van der Waals surface area (Å²) in [6, 6.07) is 11.2. The number of anilines is 1. The number of fused-ring (bicyclic) bond motifs is 1. The monoisotopic (exact) mass is 365 g/mol. The van der Waals surface area contributed by atoms with Crippen molar-refractivity contribution in [1.29, 1.82) is 0 Å². The van der Waals surface area contributed by atoms with Crippen LogP contribution in [0.25, 0.3) is 11.0 Å². The number of hydrogen-bond donors (Lipinski definition) is 1. The van der Waals surface area contributed by atoms with Gasteiger partial charge in [-0.05, 0) is 42.8 Å². The van der Waals surface area contributed by atoms with Crippen molar-refractivity contribution in [1.82, 2.24) is 9.13 Å². The van der Waals surface area contributed by atoms with E-state index in [2.05, 4.69) is 10.1 Å². The molecule has 1 N–H and O–H groups in total. The Kier molecular flexibility index (Phi) is 4.43. The van der Waals surface area contributed by atoms with Gasteiger partial charge in [-0.3, -0.25) is 9.13 Å². The van der Waals surface area contributed by atoms with E-state index in [1.54, 1.807) is 35.4 Å². The zero-order chi connectivity index (χ0) is 19.1. The standard InChI is InChI=1S/C18H18F3N3O2/c1-11(12-4-7-14(8-5-12)26-18(19,20)21)22-13-6-9-15-16(10-13)24(3)17(25)23(15)2/h4-11,22H,1-3H3/t11-/m0/s1. The molecule has 1 heterocycles. The van der Waals surface area contributed by atoms with E-state index in [1.807, 2.05) is 25.1 Å². The van der Waals surface area contributed by atoms with Crippen molar-refractivity contribution in [2.45, 2.75) is 19.3 Å². The lowest BCUT2D eigenvalue weighted by molar-refractivity contribution is -0.274. The van der Waals surface area contributed by atoms with Gasteiger partial charge in [0.2, 0.25) is 0 Å². The fraction of sp³-hybridized carbons (Fsp3) is 0.278. The first-order chi connectivity index (χ1) is 12.2. The SMILES string of the molecule is C[C@H](Nc1ccc2c(c1)n(C)c(=O)n2C)c1ccc(OC(F)(F)F)cc1. The summed E-state index contributed by atoms with van der Waals surface area (Å²) in [4.78, 5) is 12.0. The highest BCUT2D eigenvalue weighted by Crippen LogP contribution is 2.26. The van der Waals surface area contributed by atoms with E-state index in [0.29, 0.717) is 0 Å². The second-order valence-corrected chi connectivity index (χ2v) is 6.09. The average Bonchev–Trinajstić information content (AvgIpc) is 2.78. The molecule has 3 aromatic rings. The van der Waals surface area contributed by atoms with Crippen LogP contribution in [0.2, 0.25) is 0 Å². The molecule has 2 aromatic carbocycles. The van der Waals surface area contributed by atoms with E-state index in [1.165, 1.54) is 12.1 Å². The molecule has 0 spiro atoms. The van der Waals surface area contributed by atoms with Crippen molar-refractivity contribution < 1.29 is 17.9 Å². The number of ether oxygens (including phenoxy) is 1. The molecule has 0 saturated heterocycles. The molecule has 8 heteroatoms. The van der Waals surface area contributed by atoms with Gasteiger partial charge in [0.15, 0.2) is 0 Å². The molecule has 0 fully saturated rings. The summed E-state index contributed by atoms with van der Waals surface area (Å²) >= 11 is 0. The molecule has 0 unspecified atom stereocenters. The number of alkyl halides is 3. The van der Waals surface area contributed by atoms with Gasteiger partial charge in [0.05, 0.1) is 11.0 Å². The summed E-state index contributed by atoms with van der Waals surface area (Å²) in [6.07, 6.45) is -4.70. The van der Waals surface area contributed by atoms with Gasteiger partial charge in [-0.15, -0.1) is 13.2 Å². The topological polar surface area (TPSA) is 48.2 Å². The Bertz CT molecular complexity index is 988. The molecule has 5 nitrogen and oxygen atoms in total. The van der Waals surface area contributed by atoms with Crippen LogP contribution in [0.4, 0.5) is 18.9 Å². The minimum absolute atomic E-state index is 0.106. The van der Waals surface area contributed by atoms with Crippen LogP contribution in [0.5, 0.6) is 5.75 Å². The van der Waals surface area contributed by atoms with E-state index in [9.17, 15) is 18.0 Å². The first-order valence-electron chi connectivity index (χ1n) is 7.93. The number of benzene rings is 2. The van der Waals surface area contributed by atoms with Crippen molar-refractivity contribution in [2.75, 3.05) is 5.32 Å². The predicted molar refractivity (Wildman–Crippen MR) is 93.3 cm³/mol. The Morgan fingerprint density at radius 3 is 2.23 bits per heavy atom. The Hall–Kier alpha value is -2.90. The quantitative estimate of drug-likeness (QED) is 0.762. The van der Waals surface area contributed by atoms with Gasteiger partial charge in [0.1, 0.15) is 5.75 Å². The van der Waals surface area contributed by atoms with E-state index < -0.39 is 6.36 Å². The number of hydrogen-bond acceptors (Lipinski definition) is 3. The molecule has 26 heavy (non-hydrogen) atoms. The number of aryl methyl sites for hydroxylation is 2. The van der Waals surface area contributed by atoms with Crippen LogP contribution in [0.15, 0.2) is 47.3 Å². The number of nitrogens with one attached hydrogen (secondary N) is 1. The molecule has 0 aliphatic rings. The first-order valence-corrected chi connectivity index (χ1v) is 7.93. The average molecular weight is 365 g/mol. The predicted octanol–water partition coefficient (Wildman–Crippen LogP) is 3.95. The second-order valence-electron chi connectivity index (χ2n) is 6.09. The third-order valence-corrected chi connectivity index (χ3v) is 4.27. The maximum Gasteiger partial charge on any atom is 0.573 e. The summed E-state index contributed by atoms with van der Waals surface area (Å²) in [6.45, 7) is 1.90. The number of rotatable bonds is 4. The minimum atomic E-state index is -4.70. The van der Waals surface area contributed by atoms with Crippen molar-refractivity contribution >= 4 is 16.7 Å². The molecule has 0 radical (unpaired) electrons. The highest BCUT2D eigenvalue weighted by Gasteiger charge is 2.31. The number of aromatic nitrogens is 2. The Morgan fingerprint density at radius 2 is 1.62 bits per heavy atom. The van der Waals surface area contributed by atoms with E-state index in [0.717, 1.165) is 22.3 Å². The van der Waals surface area contributed by atoms with Crippen LogP contribution in [0.1, 0.15) is 18.5 Å². The van der Waals surface area contributed by atoms with Gasteiger partial charge in [0, 0.05) is 25.8 Å². The third-order valence-electron chi connectivity index (χ3n) is 4.27.